The fraction of sp³-hybridized carbons (Fsp3) is 0.176. The summed E-state index contributed by atoms with van der Waals surface area (Å²) in [7, 11) is 0. The molecule has 0 aliphatic rings. The number of aliphatic imine (C=N–C) groups is 1. The Morgan fingerprint density at radius 3 is 3.00 bits per heavy atom. The zero-order valence-corrected chi connectivity index (χ0v) is 12.5. The molecule has 3 N–H and O–H groups in total. The highest BCUT2D eigenvalue weighted by atomic mass is 15.1. The number of hydrogen-bond acceptors (Lipinski definition) is 2. The first kappa shape index (κ1) is 14.1. The average molecular weight is 293 g/mol. The van der Waals surface area contributed by atoms with Crippen LogP contribution < -0.4 is 11.1 Å². The fourth-order valence-corrected chi connectivity index (χ4v) is 2.29. The van der Waals surface area contributed by atoms with Gasteiger partial charge in [0.1, 0.15) is 5.65 Å². The molecule has 0 aliphatic carbocycles. The van der Waals surface area contributed by atoms with Crippen LogP contribution in [0.2, 0.25) is 0 Å². The molecule has 0 saturated heterocycles. The fourth-order valence-electron chi connectivity index (χ4n) is 2.29. The Morgan fingerprint density at radius 2 is 2.18 bits per heavy atom. The lowest BCUT2D eigenvalue weighted by molar-refractivity contribution is 1.01. The summed E-state index contributed by atoms with van der Waals surface area (Å²) in [6.07, 6.45) is 4.92. The standard InChI is InChI=1S/C17H19N5/c1-2-13-6-5-7-14(10-13)21-17(18)19-11-15-12-22-9-4-3-8-16(22)20-15/h3-10,12H,2,11H2,1H3,(H3,18,19,21). The number of nitrogens with one attached hydrogen (secondary N) is 1. The quantitative estimate of drug-likeness (QED) is 0.574. The molecule has 112 valence electrons. The maximum Gasteiger partial charge on any atom is 0.193 e. The van der Waals surface area contributed by atoms with Crippen molar-refractivity contribution in [3.05, 3.63) is 66.1 Å². The van der Waals surface area contributed by atoms with E-state index in [1.165, 1.54) is 5.56 Å². The number of pyridine rings is 1. The van der Waals surface area contributed by atoms with Crippen molar-refractivity contribution in [3.8, 4) is 0 Å². The molecule has 0 saturated carbocycles. The van der Waals surface area contributed by atoms with Crippen LogP contribution in [0.4, 0.5) is 5.69 Å². The maximum atomic E-state index is 5.94. The number of anilines is 1. The molecule has 22 heavy (non-hydrogen) atoms. The summed E-state index contributed by atoms with van der Waals surface area (Å²) in [5, 5.41) is 3.11. The van der Waals surface area contributed by atoms with Crippen molar-refractivity contribution < 1.29 is 0 Å². The molecular weight excluding hydrogens is 274 g/mol. The molecule has 5 nitrogen and oxygen atoms in total. The van der Waals surface area contributed by atoms with Crippen molar-refractivity contribution in [2.45, 2.75) is 19.9 Å². The number of benzene rings is 1. The second kappa shape index (κ2) is 6.30. The molecule has 0 amide bonds. The highest BCUT2D eigenvalue weighted by Crippen LogP contribution is 2.11. The molecular formula is C17H19N5. The first-order chi connectivity index (χ1) is 10.7. The highest BCUT2D eigenvalue weighted by Gasteiger charge is 2.01. The topological polar surface area (TPSA) is 67.7 Å². The summed E-state index contributed by atoms with van der Waals surface area (Å²) in [6, 6.07) is 14.1. The largest absolute Gasteiger partial charge is 0.370 e. The van der Waals surface area contributed by atoms with E-state index < -0.39 is 0 Å². The molecule has 0 bridgehead atoms. The Kier molecular flexibility index (Phi) is 4.05. The molecule has 0 radical (unpaired) electrons. The van der Waals surface area contributed by atoms with Gasteiger partial charge in [0.25, 0.3) is 0 Å². The summed E-state index contributed by atoms with van der Waals surface area (Å²) in [5.41, 5.74) is 9.96. The van der Waals surface area contributed by atoms with E-state index in [0.717, 1.165) is 23.4 Å². The van der Waals surface area contributed by atoms with Crippen molar-refractivity contribution >= 4 is 17.3 Å². The zero-order chi connectivity index (χ0) is 15.4. The van der Waals surface area contributed by atoms with Crippen LogP contribution in [0.5, 0.6) is 0 Å². The number of guanidine groups is 1. The number of fused-ring (bicyclic) bond motifs is 1. The molecule has 3 rings (SSSR count). The lowest BCUT2D eigenvalue weighted by Crippen LogP contribution is -2.22. The molecule has 1 aromatic carbocycles. The van der Waals surface area contributed by atoms with Gasteiger partial charge in [-0.2, -0.15) is 0 Å². The van der Waals surface area contributed by atoms with Crippen LogP contribution in [-0.2, 0) is 13.0 Å². The summed E-state index contributed by atoms with van der Waals surface area (Å²) >= 11 is 0. The average Bonchev–Trinajstić information content (AvgIpc) is 2.96. The van der Waals surface area contributed by atoms with Gasteiger partial charge < -0.3 is 15.5 Å². The van der Waals surface area contributed by atoms with E-state index in [1.54, 1.807) is 0 Å². The molecule has 5 heteroatoms. The Balaban J connectivity index is 1.68. The molecule has 0 fully saturated rings. The molecule has 0 atom stereocenters. The van der Waals surface area contributed by atoms with Crippen LogP contribution in [0.3, 0.4) is 0 Å². The van der Waals surface area contributed by atoms with Crippen LogP contribution in [0.1, 0.15) is 18.2 Å². The first-order valence-electron chi connectivity index (χ1n) is 7.33. The van der Waals surface area contributed by atoms with Gasteiger partial charge in [-0.15, -0.1) is 0 Å². The van der Waals surface area contributed by atoms with Gasteiger partial charge in [-0.05, 0) is 36.2 Å². The SMILES string of the molecule is CCc1cccc(NC(N)=NCc2cn3ccccc3n2)c1. The van der Waals surface area contributed by atoms with Gasteiger partial charge in [-0.3, -0.25) is 0 Å². The Labute approximate surface area is 129 Å². The minimum absolute atomic E-state index is 0.394. The van der Waals surface area contributed by atoms with Gasteiger partial charge in [-0.25, -0.2) is 9.98 Å². The number of aromatic nitrogens is 2. The van der Waals surface area contributed by atoms with Crippen molar-refractivity contribution in [2.24, 2.45) is 10.7 Å². The minimum Gasteiger partial charge on any atom is -0.370 e. The van der Waals surface area contributed by atoms with Gasteiger partial charge in [0.2, 0.25) is 0 Å². The third-order valence-electron chi connectivity index (χ3n) is 3.43. The third kappa shape index (κ3) is 3.25. The number of imidazole rings is 1. The lowest BCUT2D eigenvalue weighted by atomic mass is 10.1. The van der Waals surface area contributed by atoms with Crippen molar-refractivity contribution in [1.29, 1.82) is 0 Å². The van der Waals surface area contributed by atoms with E-state index in [4.69, 9.17) is 5.73 Å². The number of nitrogens with two attached hydrogens (primary N) is 1. The molecule has 2 heterocycles. The van der Waals surface area contributed by atoms with Crippen molar-refractivity contribution in [2.75, 3.05) is 5.32 Å². The van der Waals surface area contributed by atoms with E-state index in [0.29, 0.717) is 12.5 Å². The Hall–Kier alpha value is -2.82. The monoisotopic (exact) mass is 293 g/mol. The Bertz CT molecular complexity index is 770. The van der Waals surface area contributed by atoms with Crippen molar-refractivity contribution in [1.82, 2.24) is 9.38 Å². The highest BCUT2D eigenvalue weighted by molar-refractivity contribution is 5.92. The molecule has 0 unspecified atom stereocenters. The maximum absolute atomic E-state index is 5.94. The smallest absolute Gasteiger partial charge is 0.193 e. The first-order valence-corrected chi connectivity index (χ1v) is 7.33. The van der Waals surface area contributed by atoms with E-state index >= 15 is 0 Å². The van der Waals surface area contributed by atoms with Gasteiger partial charge in [0, 0.05) is 18.1 Å². The molecule has 2 aromatic heterocycles. The molecule has 0 aliphatic heterocycles. The van der Waals surface area contributed by atoms with Gasteiger partial charge in [0.05, 0.1) is 12.2 Å². The van der Waals surface area contributed by atoms with Crippen LogP contribution in [-0.4, -0.2) is 15.3 Å². The molecule has 0 spiro atoms. The Morgan fingerprint density at radius 1 is 1.27 bits per heavy atom. The predicted octanol–water partition coefficient (Wildman–Crippen LogP) is 2.82. The summed E-state index contributed by atoms with van der Waals surface area (Å²) in [4.78, 5) is 8.84. The number of nitrogens with zero attached hydrogens (tertiary/aromatic N) is 3. The predicted molar refractivity (Wildman–Crippen MR) is 90.0 cm³/mol. The normalized spacial score (nSPS) is 11.8. The van der Waals surface area contributed by atoms with Crippen LogP contribution in [0.25, 0.3) is 5.65 Å². The minimum atomic E-state index is 0.394. The third-order valence-corrected chi connectivity index (χ3v) is 3.43. The summed E-state index contributed by atoms with van der Waals surface area (Å²) < 4.78 is 1.97. The number of hydrogen-bond donors (Lipinski definition) is 2. The van der Waals surface area contributed by atoms with Gasteiger partial charge in [0.15, 0.2) is 5.96 Å². The van der Waals surface area contributed by atoms with Crippen LogP contribution in [0, 0.1) is 0 Å². The van der Waals surface area contributed by atoms with Gasteiger partial charge in [-0.1, -0.05) is 25.1 Å². The zero-order valence-electron chi connectivity index (χ0n) is 12.5. The molecule has 3 aromatic rings. The summed E-state index contributed by atoms with van der Waals surface area (Å²) in [5.74, 6) is 0.394. The second-order valence-electron chi connectivity index (χ2n) is 5.08. The van der Waals surface area contributed by atoms with E-state index in [2.05, 4.69) is 34.3 Å². The van der Waals surface area contributed by atoms with Crippen LogP contribution >= 0.6 is 0 Å². The second-order valence-corrected chi connectivity index (χ2v) is 5.08. The summed E-state index contributed by atoms with van der Waals surface area (Å²) in [6.45, 7) is 2.58. The van der Waals surface area contributed by atoms with Crippen LogP contribution in [0.15, 0.2) is 59.9 Å². The number of rotatable bonds is 4. The van der Waals surface area contributed by atoms with Gasteiger partial charge >= 0.3 is 0 Å². The lowest BCUT2D eigenvalue weighted by Gasteiger charge is -2.06. The van der Waals surface area contributed by atoms with E-state index in [-0.39, 0.29) is 0 Å². The number of aryl methyl sites for hydroxylation is 1. The van der Waals surface area contributed by atoms with Crippen molar-refractivity contribution in [3.63, 3.8) is 0 Å². The van der Waals surface area contributed by atoms with E-state index in [9.17, 15) is 0 Å². The van der Waals surface area contributed by atoms with E-state index in [1.807, 2.05) is 47.1 Å².